The number of furan rings is 1. The van der Waals surface area contributed by atoms with Crippen LogP contribution in [0.1, 0.15) is 19.1 Å². The molecule has 2 amide bonds. The second-order valence-corrected chi connectivity index (χ2v) is 9.82. The number of thiocarbonyl (C=S) groups is 1. The summed E-state index contributed by atoms with van der Waals surface area (Å²) >= 11 is 16.4. The molecule has 0 saturated carbocycles. The molecule has 33 heavy (non-hydrogen) atoms. The van der Waals surface area contributed by atoms with Crippen LogP contribution < -0.4 is 4.90 Å². The van der Waals surface area contributed by atoms with Gasteiger partial charge in [-0.25, -0.2) is 0 Å². The van der Waals surface area contributed by atoms with Crippen molar-refractivity contribution in [1.29, 1.82) is 0 Å². The van der Waals surface area contributed by atoms with Gasteiger partial charge in [0.1, 0.15) is 11.3 Å². The number of carbonyl (C=O) groups is 2. The van der Waals surface area contributed by atoms with Gasteiger partial charge in [0, 0.05) is 16.5 Å². The van der Waals surface area contributed by atoms with Gasteiger partial charge in [-0.05, 0) is 83.1 Å². The number of amides is 2. The molecule has 5 nitrogen and oxygen atoms in total. The quantitative estimate of drug-likeness (QED) is 0.188. The van der Waals surface area contributed by atoms with E-state index in [-0.39, 0.29) is 10.7 Å². The molecule has 0 N–H and O–H groups in total. The molecule has 168 valence electrons. The number of benzene rings is 2. The maximum atomic E-state index is 13.4. The lowest BCUT2D eigenvalue weighted by Crippen LogP contribution is -2.56. The van der Waals surface area contributed by atoms with Crippen molar-refractivity contribution in [1.82, 2.24) is 4.90 Å². The molecule has 0 spiro atoms. The third kappa shape index (κ3) is 5.09. The van der Waals surface area contributed by atoms with Gasteiger partial charge in [0.05, 0.1) is 10.2 Å². The molecule has 0 aliphatic carbocycles. The molecule has 1 fully saturated rings. The lowest BCUT2D eigenvalue weighted by Gasteiger charge is -2.36. The molecule has 9 heteroatoms. The first kappa shape index (κ1) is 23.8. The summed E-state index contributed by atoms with van der Waals surface area (Å²) in [5, 5.41) is 1.42. The van der Waals surface area contributed by atoms with Crippen molar-refractivity contribution in [3.8, 4) is 0 Å². The van der Waals surface area contributed by atoms with Crippen LogP contribution in [0.25, 0.3) is 6.08 Å². The molecule has 0 atom stereocenters. The van der Waals surface area contributed by atoms with Crippen molar-refractivity contribution in [3.05, 3.63) is 81.5 Å². The lowest BCUT2D eigenvalue weighted by atomic mass is 10.1. The number of carbonyl (C=O) groups excluding carboxylic acids is 2. The highest BCUT2D eigenvalue weighted by atomic mass is 79.9. The van der Waals surface area contributed by atoms with Gasteiger partial charge in [-0.1, -0.05) is 48.5 Å². The Morgan fingerprint density at radius 2 is 1.79 bits per heavy atom. The van der Waals surface area contributed by atoms with Crippen molar-refractivity contribution >= 4 is 80.2 Å². The molecule has 1 aromatic heterocycles. The van der Waals surface area contributed by atoms with Crippen molar-refractivity contribution in [3.63, 3.8) is 0 Å². The summed E-state index contributed by atoms with van der Waals surface area (Å²) in [4.78, 5) is 30.3. The molecule has 2 aromatic carbocycles. The number of para-hydroxylation sites is 1. The van der Waals surface area contributed by atoms with Crippen LogP contribution in [0.15, 0.2) is 85.1 Å². The standard InChI is InChI=1S/C24H18BrClN2O3S2/c1-2-12-27-21(29)19(22(30)28(24(27)32)16-6-4-3-5-7-16)13-17-14-20(25)23(31-17)33-18-10-8-15(26)9-11-18/h3-11,13-14H,2,12H2,1H3. The van der Waals surface area contributed by atoms with E-state index in [2.05, 4.69) is 15.9 Å². The Kier molecular flexibility index (Phi) is 7.38. The highest BCUT2D eigenvalue weighted by Crippen LogP contribution is 2.37. The van der Waals surface area contributed by atoms with Gasteiger partial charge in [-0.15, -0.1) is 0 Å². The SMILES string of the molecule is CCCN1C(=O)C(=Cc2cc(Br)c(Sc3ccc(Cl)cc3)o2)C(=O)N(c2ccccc2)C1=S. The number of hydrogen-bond acceptors (Lipinski definition) is 5. The summed E-state index contributed by atoms with van der Waals surface area (Å²) in [6.07, 6.45) is 2.17. The zero-order valence-corrected chi connectivity index (χ0v) is 21.4. The fourth-order valence-electron chi connectivity index (χ4n) is 3.26. The molecule has 0 bridgehead atoms. The minimum atomic E-state index is -0.483. The van der Waals surface area contributed by atoms with Crippen LogP contribution in [0.4, 0.5) is 5.69 Å². The molecule has 0 radical (unpaired) electrons. The summed E-state index contributed by atoms with van der Waals surface area (Å²) < 4.78 is 6.66. The predicted octanol–water partition coefficient (Wildman–Crippen LogP) is 6.80. The van der Waals surface area contributed by atoms with E-state index >= 15 is 0 Å². The van der Waals surface area contributed by atoms with Crippen LogP contribution in [0, 0.1) is 0 Å². The second kappa shape index (κ2) is 10.3. The number of hydrogen-bond donors (Lipinski definition) is 0. The Bertz CT molecular complexity index is 1240. The Labute approximate surface area is 214 Å². The highest BCUT2D eigenvalue weighted by molar-refractivity contribution is 9.10. The average Bonchev–Trinajstić information content (AvgIpc) is 3.15. The zero-order chi connectivity index (χ0) is 23.5. The fourth-order valence-corrected chi connectivity index (χ4v) is 5.08. The number of halogens is 2. The Morgan fingerprint density at radius 3 is 2.45 bits per heavy atom. The second-order valence-electron chi connectivity index (χ2n) is 7.11. The lowest BCUT2D eigenvalue weighted by molar-refractivity contribution is -0.127. The van der Waals surface area contributed by atoms with Gasteiger partial charge >= 0.3 is 0 Å². The Hall–Kier alpha value is -2.39. The first-order chi connectivity index (χ1) is 15.9. The summed E-state index contributed by atoms with van der Waals surface area (Å²) in [6.45, 7) is 2.36. The predicted molar refractivity (Wildman–Crippen MR) is 138 cm³/mol. The minimum Gasteiger partial charge on any atom is -0.449 e. The summed E-state index contributed by atoms with van der Waals surface area (Å²) in [5.74, 6) is -0.534. The third-order valence-corrected chi connectivity index (χ3v) is 7.28. The van der Waals surface area contributed by atoms with E-state index in [4.69, 9.17) is 28.2 Å². The number of rotatable bonds is 6. The Morgan fingerprint density at radius 1 is 1.09 bits per heavy atom. The van der Waals surface area contributed by atoms with Gasteiger partial charge in [0.2, 0.25) is 0 Å². The van der Waals surface area contributed by atoms with Gasteiger partial charge in [-0.3, -0.25) is 19.4 Å². The molecular formula is C24H18BrClN2O3S2. The van der Waals surface area contributed by atoms with E-state index in [1.807, 2.05) is 37.3 Å². The molecule has 1 aliphatic rings. The van der Waals surface area contributed by atoms with Gasteiger partial charge in [0.25, 0.3) is 11.8 Å². The Balaban J connectivity index is 1.69. The van der Waals surface area contributed by atoms with E-state index in [9.17, 15) is 9.59 Å². The maximum absolute atomic E-state index is 13.4. The first-order valence-electron chi connectivity index (χ1n) is 10.1. The highest BCUT2D eigenvalue weighted by Gasteiger charge is 2.40. The topological polar surface area (TPSA) is 53.8 Å². The molecule has 4 rings (SSSR count). The maximum Gasteiger partial charge on any atom is 0.270 e. The minimum absolute atomic E-state index is 0.00908. The van der Waals surface area contributed by atoms with Crippen LogP contribution in [-0.4, -0.2) is 28.4 Å². The van der Waals surface area contributed by atoms with E-state index in [0.717, 1.165) is 4.90 Å². The normalized spacial score (nSPS) is 15.6. The van der Waals surface area contributed by atoms with Crippen LogP contribution in [0.5, 0.6) is 0 Å². The zero-order valence-electron chi connectivity index (χ0n) is 17.5. The van der Waals surface area contributed by atoms with Crippen LogP contribution in [-0.2, 0) is 9.59 Å². The van der Waals surface area contributed by atoms with Gasteiger partial charge in [-0.2, -0.15) is 0 Å². The van der Waals surface area contributed by atoms with Crippen molar-refractivity contribution in [2.24, 2.45) is 0 Å². The first-order valence-corrected chi connectivity index (χ1v) is 12.5. The molecule has 2 heterocycles. The van der Waals surface area contributed by atoms with Crippen molar-refractivity contribution < 1.29 is 14.0 Å². The van der Waals surface area contributed by atoms with Gasteiger partial charge in [0.15, 0.2) is 10.2 Å². The number of anilines is 1. The van der Waals surface area contributed by atoms with Crippen LogP contribution in [0.2, 0.25) is 5.02 Å². The molecular weight excluding hydrogens is 544 g/mol. The van der Waals surface area contributed by atoms with Crippen molar-refractivity contribution in [2.75, 3.05) is 11.4 Å². The smallest absolute Gasteiger partial charge is 0.270 e. The summed E-state index contributed by atoms with van der Waals surface area (Å²) in [6, 6.07) is 18.2. The van der Waals surface area contributed by atoms with Gasteiger partial charge < -0.3 is 4.42 Å². The average molecular weight is 562 g/mol. The van der Waals surface area contributed by atoms with E-state index < -0.39 is 11.8 Å². The van der Waals surface area contributed by atoms with Crippen molar-refractivity contribution in [2.45, 2.75) is 23.3 Å². The van der Waals surface area contributed by atoms with Crippen LogP contribution >= 0.6 is 51.5 Å². The van der Waals surface area contributed by atoms with E-state index in [1.165, 1.54) is 27.6 Å². The third-order valence-electron chi connectivity index (χ3n) is 4.78. The molecule has 1 saturated heterocycles. The number of nitrogens with zero attached hydrogens (tertiary/aromatic N) is 2. The fraction of sp³-hybridized carbons (Fsp3) is 0.125. The monoisotopic (exact) mass is 560 g/mol. The van der Waals surface area contributed by atoms with E-state index in [0.29, 0.717) is 39.0 Å². The molecule has 0 unspecified atom stereocenters. The molecule has 3 aromatic rings. The van der Waals surface area contributed by atoms with E-state index in [1.54, 1.807) is 30.3 Å². The molecule has 1 aliphatic heterocycles. The summed E-state index contributed by atoms with van der Waals surface area (Å²) in [5.41, 5.74) is 0.594. The van der Waals surface area contributed by atoms with Crippen LogP contribution in [0.3, 0.4) is 0 Å². The summed E-state index contributed by atoms with van der Waals surface area (Å²) in [7, 11) is 0. The largest absolute Gasteiger partial charge is 0.449 e.